The number of rotatable bonds is 1. The lowest BCUT2D eigenvalue weighted by molar-refractivity contribution is 0.168. The lowest BCUT2D eigenvalue weighted by Crippen LogP contribution is -2.44. The van der Waals surface area contributed by atoms with Gasteiger partial charge in [0.05, 0.1) is 11.4 Å². The zero-order chi connectivity index (χ0) is 18.5. The first kappa shape index (κ1) is 16.9. The van der Waals surface area contributed by atoms with Crippen molar-refractivity contribution in [1.29, 1.82) is 0 Å². The first-order valence-electron chi connectivity index (χ1n) is 10.0. The summed E-state index contributed by atoms with van der Waals surface area (Å²) in [5.41, 5.74) is 3.94. The van der Waals surface area contributed by atoms with Crippen LogP contribution in [0.1, 0.15) is 43.4 Å². The normalized spacial score (nSPS) is 26.9. The van der Waals surface area contributed by atoms with Crippen molar-refractivity contribution in [3.8, 4) is 11.3 Å². The van der Waals surface area contributed by atoms with Gasteiger partial charge in [-0.2, -0.15) is 9.78 Å². The smallest absolute Gasteiger partial charge is 0.318 e. The van der Waals surface area contributed by atoms with Crippen LogP contribution in [0.5, 0.6) is 0 Å². The van der Waals surface area contributed by atoms with E-state index in [1.807, 2.05) is 4.90 Å². The van der Waals surface area contributed by atoms with Crippen LogP contribution in [-0.4, -0.2) is 57.8 Å². The summed E-state index contributed by atoms with van der Waals surface area (Å²) in [6.45, 7) is 6.07. The highest BCUT2D eigenvalue weighted by Gasteiger charge is 2.37. The first-order valence-corrected chi connectivity index (χ1v) is 10.0. The third-order valence-electron chi connectivity index (χ3n) is 6.52. The lowest BCUT2D eigenvalue weighted by Gasteiger charge is -2.31. The summed E-state index contributed by atoms with van der Waals surface area (Å²) in [6, 6.07) is 6.78. The summed E-state index contributed by atoms with van der Waals surface area (Å²) < 4.78 is 15.0. The zero-order valence-corrected chi connectivity index (χ0v) is 15.7. The Morgan fingerprint density at radius 1 is 1.07 bits per heavy atom. The summed E-state index contributed by atoms with van der Waals surface area (Å²) in [5, 5.41) is 4.76. The quantitative estimate of drug-likeness (QED) is 0.774. The minimum atomic E-state index is -0.255. The summed E-state index contributed by atoms with van der Waals surface area (Å²) in [4.78, 5) is 18.0. The van der Waals surface area contributed by atoms with Crippen LogP contribution in [0.3, 0.4) is 0 Å². The second kappa shape index (κ2) is 6.44. The fraction of sp³-hybridized carbons (Fsp3) is 0.524. The molecule has 27 heavy (non-hydrogen) atoms. The van der Waals surface area contributed by atoms with Crippen molar-refractivity contribution in [2.75, 3.05) is 26.2 Å². The maximum atomic E-state index is 13.5. The van der Waals surface area contributed by atoms with Crippen molar-refractivity contribution < 1.29 is 9.18 Å². The van der Waals surface area contributed by atoms with Crippen molar-refractivity contribution in [3.63, 3.8) is 0 Å². The van der Waals surface area contributed by atoms with E-state index in [-0.39, 0.29) is 11.8 Å². The molecular formula is C21H25FN4O. The Morgan fingerprint density at radius 2 is 1.81 bits per heavy atom. The molecule has 3 aliphatic heterocycles. The number of hydrogen-bond donors (Lipinski definition) is 0. The second-order valence-electron chi connectivity index (χ2n) is 8.12. The zero-order valence-electron chi connectivity index (χ0n) is 15.7. The molecule has 2 bridgehead atoms. The van der Waals surface area contributed by atoms with Gasteiger partial charge in [0.25, 0.3) is 0 Å². The first-order chi connectivity index (χ1) is 13.1. The molecule has 1 aliphatic carbocycles. The maximum Gasteiger partial charge on any atom is 0.345 e. The third kappa shape index (κ3) is 2.78. The van der Waals surface area contributed by atoms with Gasteiger partial charge in [-0.25, -0.2) is 9.18 Å². The fourth-order valence-corrected chi connectivity index (χ4v) is 4.96. The molecule has 0 saturated carbocycles. The highest BCUT2D eigenvalue weighted by molar-refractivity contribution is 5.80. The van der Waals surface area contributed by atoms with Crippen molar-refractivity contribution in [1.82, 2.24) is 19.6 Å². The van der Waals surface area contributed by atoms with E-state index in [9.17, 15) is 9.18 Å². The number of fused-ring (bicyclic) bond motifs is 5. The number of hydrogen-bond acceptors (Lipinski definition) is 3. The molecule has 0 spiro atoms. The molecule has 1 atom stereocenters. The van der Waals surface area contributed by atoms with Gasteiger partial charge in [-0.05, 0) is 55.9 Å². The Bertz CT molecular complexity index is 867. The van der Waals surface area contributed by atoms with Crippen molar-refractivity contribution in [3.05, 3.63) is 41.3 Å². The van der Waals surface area contributed by atoms with Gasteiger partial charge in [0, 0.05) is 43.3 Å². The van der Waals surface area contributed by atoms with Crippen LogP contribution in [0.2, 0.25) is 0 Å². The molecule has 3 fully saturated rings. The molecule has 4 aliphatic rings. The number of carbonyl (C=O) groups excluding carboxylic acids is 1. The predicted molar refractivity (Wildman–Crippen MR) is 101 cm³/mol. The monoisotopic (exact) mass is 368 g/mol. The van der Waals surface area contributed by atoms with Gasteiger partial charge in [-0.3, -0.25) is 0 Å². The molecule has 4 heterocycles. The Hall–Kier alpha value is -2.21. The van der Waals surface area contributed by atoms with E-state index in [1.54, 1.807) is 16.8 Å². The fourth-order valence-electron chi connectivity index (χ4n) is 4.96. The second-order valence-corrected chi connectivity index (χ2v) is 8.12. The van der Waals surface area contributed by atoms with Gasteiger partial charge in [0.1, 0.15) is 5.82 Å². The number of halogens is 1. The van der Waals surface area contributed by atoms with Crippen LogP contribution in [0, 0.1) is 5.82 Å². The SMILES string of the molecule is CC1CCc2c(-c3ccc(F)cc3)nn(C(=O)N3CCN4CCC3CC4)c21. The predicted octanol–water partition coefficient (Wildman–Crippen LogP) is 3.49. The standard InChI is InChI=1S/C21H25FN4O/c1-14-2-7-18-19(15-3-5-16(22)6-4-15)23-26(20(14)18)21(27)25-13-12-24-10-8-17(25)9-11-24/h3-6,14,17H,2,7-13H2,1H3. The highest BCUT2D eigenvalue weighted by Crippen LogP contribution is 2.39. The van der Waals surface area contributed by atoms with E-state index in [2.05, 4.69) is 11.8 Å². The molecule has 5 nitrogen and oxygen atoms in total. The van der Waals surface area contributed by atoms with Gasteiger partial charge in [-0.15, -0.1) is 0 Å². The number of aromatic nitrogens is 2. The molecule has 2 aromatic rings. The number of piperidine rings is 1. The average Bonchev–Trinajstić information content (AvgIpc) is 3.09. The van der Waals surface area contributed by atoms with Crippen LogP contribution < -0.4 is 0 Å². The van der Waals surface area contributed by atoms with Crippen LogP contribution in [0.4, 0.5) is 9.18 Å². The molecule has 3 saturated heterocycles. The summed E-state index contributed by atoms with van der Waals surface area (Å²) >= 11 is 0. The summed E-state index contributed by atoms with van der Waals surface area (Å²) in [5.74, 6) is 0.0623. The lowest BCUT2D eigenvalue weighted by atomic mass is 10.1. The van der Waals surface area contributed by atoms with Gasteiger partial charge >= 0.3 is 6.03 Å². The molecule has 1 aromatic carbocycles. The molecule has 6 rings (SSSR count). The Kier molecular flexibility index (Phi) is 4.04. The van der Waals surface area contributed by atoms with Crippen molar-refractivity contribution in [2.24, 2.45) is 0 Å². The third-order valence-corrected chi connectivity index (χ3v) is 6.52. The maximum absolute atomic E-state index is 13.5. The van der Waals surface area contributed by atoms with Crippen LogP contribution in [-0.2, 0) is 6.42 Å². The number of carbonyl (C=O) groups is 1. The van der Waals surface area contributed by atoms with Gasteiger partial charge in [0.15, 0.2) is 0 Å². The number of benzene rings is 1. The van der Waals surface area contributed by atoms with Crippen molar-refractivity contribution >= 4 is 6.03 Å². The van der Waals surface area contributed by atoms with Crippen LogP contribution in [0.25, 0.3) is 11.3 Å². The largest absolute Gasteiger partial charge is 0.345 e. The molecule has 0 N–H and O–H groups in total. The van der Waals surface area contributed by atoms with E-state index >= 15 is 0 Å². The van der Waals surface area contributed by atoms with Gasteiger partial charge in [0.2, 0.25) is 0 Å². The molecule has 1 unspecified atom stereocenters. The van der Waals surface area contributed by atoms with Gasteiger partial charge in [-0.1, -0.05) is 6.92 Å². The average molecular weight is 368 g/mol. The van der Waals surface area contributed by atoms with Crippen LogP contribution in [0.15, 0.2) is 24.3 Å². The number of amides is 1. The molecule has 1 aromatic heterocycles. The van der Waals surface area contributed by atoms with E-state index in [1.165, 1.54) is 12.1 Å². The number of nitrogens with zero attached hydrogens (tertiary/aromatic N) is 4. The molecule has 6 heteroatoms. The van der Waals surface area contributed by atoms with E-state index < -0.39 is 0 Å². The topological polar surface area (TPSA) is 41.4 Å². The van der Waals surface area contributed by atoms with E-state index in [4.69, 9.17) is 5.10 Å². The van der Waals surface area contributed by atoms with Crippen molar-refractivity contribution in [2.45, 2.75) is 44.6 Å². The Labute approximate surface area is 158 Å². The van der Waals surface area contributed by atoms with Crippen LogP contribution >= 0.6 is 0 Å². The minimum absolute atomic E-state index is 0.0158. The molecule has 0 radical (unpaired) electrons. The minimum Gasteiger partial charge on any atom is -0.318 e. The molecule has 1 amide bonds. The Morgan fingerprint density at radius 3 is 2.56 bits per heavy atom. The van der Waals surface area contributed by atoms with E-state index in [0.29, 0.717) is 12.0 Å². The van der Waals surface area contributed by atoms with E-state index in [0.717, 1.165) is 74.4 Å². The summed E-state index contributed by atoms with van der Waals surface area (Å²) in [6.07, 6.45) is 4.06. The Balaban J connectivity index is 1.55. The van der Waals surface area contributed by atoms with Gasteiger partial charge < -0.3 is 9.80 Å². The summed E-state index contributed by atoms with van der Waals surface area (Å²) in [7, 11) is 0. The highest BCUT2D eigenvalue weighted by atomic mass is 19.1. The molecular weight excluding hydrogens is 343 g/mol. The molecule has 142 valence electrons.